The van der Waals surface area contributed by atoms with Crippen molar-refractivity contribution in [3.8, 4) is 0 Å². The number of rotatable bonds is 7. The number of allylic oxidation sites excluding steroid dienone is 1. The summed E-state index contributed by atoms with van der Waals surface area (Å²) in [4.78, 5) is 21.8. The maximum absolute atomic E-state index is 11.1. The monoisotopic (exact) mass is 256 g/mol. The molecule has 102 valence electrons. The van der Waals surface area contributed by atoms with Crippen LogP contribution in [-0.2, 0) is 19.0 Å². The highest BCUT2D eigenvalue weighted by atomic mass is 16.7. The molecule has 5 heteroatoms. The van der Waals surface area contributed by atoms with Gasteiger partial charge in [0.25, 0.3) is 0 Å². The van der Waals surface area contributed by atoms with Gasteiger partial charge in [0.2, 0.25) is 0 Å². The Morgan fingerprint density at radius 3 is 2.56 bits per heavy atom. The average Bonchev–Trinajstić information content (AvgIpc) is 2.30. The van der Waals surface area contributed by atoms with E-state index in [1.54, 1.807) is 19.9 Å². The van der Waals surface area contributed by atoms with Gasteiger partial charge in [0.15, 0.2) is 0 Å². The van der Waals surface area contributed by atoms with Crippen molar-refractivity contribution in [1.82, 2.24) is 0 Å². The lowest BCUT2D eigenvalue weighted by Gasteiger charge is -2.09. The highest BCUT2D eigenvalue weighted by Gasteiger charge is 2.06. The number of methoxy groups -OCH3 is 1. The van der Waals surface area contributed by atoms with Gasteiger partial charge in [-0.3, -0.25) is 0 Å². The average molecular weight is 256 g/mol. The van der Waals surface area contributed by atoms with E-state index >= 15 is 0 Å². The van der Waals surface area contributed by atoms with Crippen LogP contribution >= 0.6 is 0 Å². The zero-order valence-electron chi connectivity index (χ0n) is 11.1. The van der Waals surface area contributed by atoms with Crippen LogP contribution in [0.25, 0.3) is 0 Å². The van der Waals surface area contributed by atoms with Crippen molar-refractivity contribution in [2.75, 3.05) is 13.7 Å². The predicted molar refractivity (Wildman–Crippen MR) is 67.1 cm³/mol. The van der Waals surface area contributed by atoms with Crippen molar-refractivity contribution >= 4 is 12.1 Å². The van der Waals surface area contributed by atoms with Gasteiger partial charge in [-0.05, 0) is 32.3 Å². The molecule has 0 heterocycles. The Morgan fingerprint density at radius 2 is 2.00 bits per heavy atom. The number of hydrogen-bond acceptors (Lipinski definition) is 5. The van der Waals surface area contributed by atoms with Crippen molar-refractivity contribution in [1.29, 1.82) is 0 Å². The topological polar surface area (TPSA) is 61.8 Å². The maximum atomic E-state index is 11.1. The fraction of sp³-hybridized carbons (Fsp3) is 0.538. The number of carbonyl (C=O) groups excluding carboxylic acids is 2. The summed E-state index contributed by atoms with van der Waals surface area (Å²) >= 11 is 0. The molecule has 0 saturated heterocycles. The van der Waals surface area contributed by atoms with E-state index in [2.05, 4.69) is 11.3 Å². The third-order valence-electron chi connectivity index (χ3n) is 1.85. The molecule has 0 aliphatic carbocycles. The molecule has 0 spiro atoms. The molecule has 0 aliphatic heterocycles. The van der Waals surface area contributed by atoms with E-state index in [-0.39, 0.29) is 12.7 Å². The van der Waals surface area contributed by atoms with Crippen LogP contribution in [0, 0.1) is 0 Å². The molecule has 0 unspecified atom stereocenters. The molecule has 5 nitrogen and oxygen atoms in total. The number of hydrogen-bond donors (Lipinski definition) is 0. The molecule has 0 aromatic carbocycles. The molecule has 0 saturated carbocycles. The summed E-state index contributed by atoms with van der Waals surface area (Å²) in [6.45, 7) is 7.37. The summed E-state index contributed by atoms with van der Waals surface area (Å²) in [5.74, 6) is -0.391. The van der Waals surface area contributed by atoms with Crippen LogP contribution in [-0.4, -0.2) is 31.9 Å². The van der Waals surface area contributed by atoms with Crippen molar-refractivity contribution < 1.29 is 23.8 Å². The summed E-state index contributed by atoms with van der Waals surface area (Å²) in [6, 6.07) is 0. The molecule has 0 rings (SSSR count). The highest BCUT2D eigenvalue weighted by molar-refractivity contribution is 5.81. The molecule has 0 amide bonds. The van der Waals surface area contributed by atoms with E-state index in [9.17, 15) is 9.59 Å². The predicted octanol–water partition coefficient (Wildman–Crippen LogP) is 2.61. The molecule has 0 bridgehead atoms. The van der Waals surface area contributed by atoms with Crippen molar-refractivity contribution in [3.63, 3.8) is 0 Å². The van der Waals surface area contributed by atoms with E-state index in [4.69, 9.17) is 9.47 Å². The normalized spacial score (nSPS) is 10.4. The second-order valence-electron chi connectivity index (χ2n) is 3.92. The van der Waals surface area contributed by atoms with Crippen LogP contribution in [0.2, 0.25) is 0 Å². The summed E-state index contributed by atoms with van der Waals surface area (Å²) in [5, 5.41) is 0. The lowest BCUT2D eigenvalue weighted by atomic mass is 10.2. The van der Waals surface area contributed by atoms with E-state index in [0.29, 0.717) is 12.8 Å². The van der Waals surface area contributed by atoms with Crippen LogP contribution in [0.3, 0.4) is 0 Å². The standard InChI is InChI=1S/C13H20O5/c1-10(2)18-13(15)17-9-11(3)7-5-6-8-12(14)16-4/h6,8,10H,3,5,7,9H2,1-2,4H3/b8-6+. The Balaban J connectivity index is 3.69. The van der Waals surface area contributed by atoms with Gasteiger partial charge in [-0.2, -0.15) is 0 Å². The summed E-state index contributed by atoms with van der Waals surface area (Å²) in [5.41, 5.74) is 0.755. The second-order valence-corrected chi connectivity index (χ2v) is 3.92. The molecule has 0 radical (unpaired) electrons. The molecular formula is C13H20O5. The number of carbonyl (C=O) groups is 2. The van der Waals surface area contributed by atoms with Crippen molar-refractivity contribution in [3.05, 3.63) is 24.3 Å². The molecule has 0 fully saturated rings. The van der Waals surface area contributed by atoms with E-state index in [1.807, 2.05) is 0 Å². The fourth-order valence-electron chi connectivity index (χ4n) is 0.995. The number of esters is 1. The molecule has 0 aromatic rings. The van der Waals surface area contributed by atoms with E-state index in [1.165, 1.54) is 13.2 Å². The summed E-state index contributed by atoms with van der Waals surface area (Å²) < 4.78 is 14.1. The fourth-order valence-corrected chi connectivity index (χ4v) is 0.995. The van der Waals surface area contributed by atoms with Crippen LogP contribution in [0.15, 0.2) is 24.3 Å². The van der Waals surface area contributed by atoms with Crippen LogP contribution in [0.5, 0.6) is 0 Å². The van der Waals surface area contributed by atoms with Crippen LogP contribution in [0.4, 0.5) is 4.79 Å². The Morgan fingerprint density at radius 1 is 1.33 bits per heavy atom. The summed E-state index contributed by atoms with van der Waals surface area (Å²) in [7, 11) is 1.32. The Labute approximate surface area is 107 Å². The first-order chi connectivity index (χ1) is 8.45. The quantitative estimate of drug-likeness (QED) is 0.398. The zero-order valence-corrected chi connectivity index (χ0v) is 11.1. The van der Waals surface area contributed by atoms with E-state index in [0.717, 1.165) is 5.57 Å². The second kappa shape index (κ2) is 9.27. The van der Waals surface area contributed by atoms with Crippen molar-refractivity contribution in [2.24, 2.45) is 0 Å². The Hall–Kier alpha value is -1.78. The van der Waals surface area contributed by atoms with Gasteiger partial charge < -0.3 is 14.2 Å². The number of ether oxygens (including phenoxy) is 3. The lowest BCUT2D eigenvalue weighted by Crippen LogP contribution is -2.14. The van der Waals surface area contributed by atoms with Gasteiger partial charge in [-0.25, -0.2) is 9.59 Å². The first kappa shape index (κ1) is 16.2. The van der Waals surface area contributed by atoms with Gasteiger partial charge in [0, 0.05) is 6.08 Å². The third-order valence-corrected chi connectivity index (χ3v) is 1.85. The molecular weight excluding hydrogens is 236 g/mol. The van der Waals surface area contributed by atoms with Crippen LogP contribution < -0.4 is 0 Å². The van der Waals surface area contributed by atoms with Crippen LogP contribution in [0.1, 0.15) is 26.7 Å². The minimum atomic E-state index is -0.698. The smallest absolute Gasteiger partial charge is 0.466 e. The Kier molecular flexibility index (Phi) is 8.35. The molecule has 0 N–H and O–H groups in total. The molecule has 18 heavy (non-hydrogen) atoms. The SMILES string of the molecule is C=C(CC/C=C/C(=O)OC)COC(=O)OC(C)C. The largest absolute Gasteiger partial charge is 0.508 e. The van der Waals surface area contributed by atoms with Gasteiger partial charge in [-0.1, -0.05) is 12.7 Å². The minimum Gasteiger partial charge on any atom is -0.466 e. The summed E-state index contributed by atoms with van der Waals surface area (Å²) in [6.07, 6.45) is 3.40. The highest BCUT2D eigenvalue weighted by Crippen LogP contribution is 2.05. The van der Waals surface area contributed by atoms with Gasteiger partial charge in [0.05, 0.1) is 13.2 Å². The molecule has 0 atom stereocenters. The van der Waals surface area contributed by atoms with Crippen molar-refractivity contribution in [2.45, 2.75) is 32.8 Å². The van der Waals surface area contributed by atoms with Gasteiger partial charge in [-0.15, -0.1) is 0 Å². The van der Waals surface area contributed by atoms with Gasteiger partial charge in [0.1, 0.15) is 6.61 Å². The minimum absolute atomic E-state index is 0.123. The molecule has 0 aromatic heterocycles. The first-order valence-corrected chi connectivity index (χ1v) is 5.70. The van der Waals surface area contributed by atoms with Gasteiger partial charge >= 0.3 is 12.1 Å². The molecule has 0 aliphatic rings. The first-order valence-electron chi connectivity index (χ1n) is 5.70. The Bertz CT molecular complexity index is 317. The van der Waals surface area contributed by atoms with E-state index < -0.39 is 12.1 Å². The zero-order chi connectivity index (χ0) is 14.0. The third kappa shape index (κ3) is 9.45. The lowest BCUT2D eigenvalue weighted by molar-refractivity contribution is -0.134. The maximum Gasteiger partial charge on any atom is 0.508 e.